The molecule has 1 aliphatic carbocycles. The number of aromatic nitrogens is 2. The lowest BCUT2D eigenvalue weighted by molar-refractivity contribution is 0.836. The van der Waals surface area contributed by atoms with Crippen LogP contribution in [0, 0.1) is 0 Å². The van der Waals surface area contributed by atoms with Gasteiger partial charge in [0.25, 0.3) is 0 Å². The smallest absolute Gasteiger partial charge is 0.146 e. The van der Waals surface area contributed by atoms with Crippen molar-refractivity contribution in [2.45, 2.75) is 36.7 Å². The highest BCUT2D eigenvalue weighted by molar-refractivity contribution is 8.06. The van der Waals surface area contributed by atoms with Gasteiger partial charge in [-0.1, -0.05) is 6.92 Å². The molecule has 1 fully saturated rings. The van der Waals surface area contributed by atoms with Crippen LogP contribution >= 0.6 is 34.9 Å². The number of anilines is 1. The normalized spacial score (nSPS) is 26.1. The predicted octanol–water partition coefficient (Wildman–Crippen LogP) is 3.67. The van der Waals surface area contributed by atoms with Gasteiger partial charge in [0, 0.05) is 21.6 Å². The Labute approximate surface area is 131 Å². The van der Waals surface area contributed by atoms with Gasteiger partial charge < -0.3 is 5.73 Å². The van der Waals surface area contributed by atoms with Crippen LogP contribution < -0.4 is 5.73 Å². The lowest BCUT2D eigenvalue weighted by Gasteiger charge is -2.26. The summed E-state index contributed by atoms with van der Waals surface area (Å²) in [5.41, 5.74) is 7.69. The topological polar surface area (TPSA) is 51.8 Å². The Morgan fingerprint density at radius 2 is 2.00 bits per heavy atom. The minimum Gasteiger partial charge on any atom is -0.383 e. The van der Waals surface area contributed by atoms with Crippen LogP contribution in [0.25, 0.3) is 10.2 Å². The zero-order valence-corrected chi connectivity index (χ0v) is 13.8. The van der Waals surface area contributed by atoms with Crippen molar-refractivity contribution in [3.63, 3.8) is 0 Å². The molecule has 2 unspecified atom stereocenters. The summed E-state index contributed by atoms with van der Waals surface area (Å²) in [6, 6.07) is 0. The van der Waals surface area contributed by atoms with Crippen LogP contribution in [0.3, 0.4) is 0 Å². The van der Waals surface area contributed by atoms with Gasteiger partial charge in [-0.15, -0.1) is 23.1 Å². The van der Waals surface area contributed by atoms with Crippen molar-refractivity contribution in [1.29, 1.82) is 0 Å². The Morgan fingerprint density at radius 3 is 2.85 bits per heavy atom. The van der Waals surface area contributed by atoms with Gasteiger partial charge in [-0.2, -0.15) is 11.8 Å². The molecule has 106 valence electrons. The maximum atomic E-state index is 6.27. The van der Waals surface area contributed by atoms with Crippen molar-refractivity contribution >= 4 is 50.9 Å². The van der Waals surface area contributed by atoms with Gasteiger partial charge in [-0.25, -0.2) is 9.97 Å². The molecule has 3 nitrogen and oxygen atoms in total. The molecule has 0 aromatic carbocycles. The van der Waals surface area contributed by atoms with Crippen molar-refractivity contribution < 1.29 is 0 Å². The summed E-state index contributed by atoms with van der Waals surface area (Å²) in [6.45, 7) is 2.28. The van der Waals surface area contributed by atoms with E-state index in [1.54, 1.807) is 0 Å². The van der Waals surface area contributed by atoms with Gasteiger partial charge in [-0.05, 0) is 24.8 Å². The summed E-state index contributed by atoms with van der Waals surface area (Å²) in [7, 11) is 0. The average molecular weight is 324 g/mol. The molecule has 0 bridgehead atoms. The molecule has 2 aliphatic rings. The fourth-order valence-electron chi connectivity index (χ4n) is 3.08. The number of nitrogens with two attached hydrogens (primary N) is 1. The standard InChI is InChI=1S/C14H17N3S3/c1-7-11(19-6-5-18-7)13-16-12(15)10-8-3-2-4-9(8)20-14(10)17-13/h7,11H,2-6H2,1H3,(H2,15,16,17). The molecule has 20 heavy (non-hydrogen) atoms. The number of fused-ring (bicyclic) bond motifs is 3. The number of thiophene rings is 1. The third-order valence-corrected chi connectivity index (χ3v) is 8.32. The number of rotatable bonds is 1. The van der Waals surface area contributed by atoms with Crippen molar-refractivity contribution in [3.8, 4) is 0 Å². The van der Waals surface area contributed by atoms with E-state index in [2.05, 4.69) is 11.9 Å². The molecule has 2 aromatic heterocycles. The monoisotopic (exact) mass is 323 g/mol. The minimum atomic E-state index is 0.386. The van der Waals surface area contributed by atoms with Crippen molar-refractivity contribution in [2.24, 2.45) is 0 Å². The van der Waals surface area contributed by atoms with E-state index in [9.17, 15) is 0 Å². The van der Waals surface area contributed by atoms with Crippen LogP contribution in [0.15, 0.2) is 0 Å². The molecule has 0 spiro atoms. The van der Waals surface area contributed by atoms with E-state index in [0.717, 1.165) is 22.5 Å². The number of nitrogens with zero attached hydrogens (tertiary/aromatic N) is 2. The van der Waals surface area contributed by atoms with Crippen LogP contribution in [0.1, 0.15) is 34.9 Å². The summed E-state index contributed by atoms with van der Waals surface area (Å²) >= 11 is 5.83. The molecule has 3 heterocycles. The number of thioether (sulfide) groups is 2. The van der Waals surface area contributed by atoms with Crippen LogP contribution in [0.2, 0.25) is 0 Å². The highest BCUT2D eigenvalue weighted by atomic mass is 32.2. The SMILES string of the molecule is CC1SCCSC1c1nc(N)c2c3c(sc2n1)CCC3. The third kappa shape index (κ3) is 2.04. The Kier molecular flexibility index (Phi) is 3.35. The first kappa shape index (κ1) is 13.2. The molecule has 0 saturated carbocycles. The van der Waals surface area contributed by atoms with Gasteiger partial charge in [-0.3, -0.25) is 0 Å². The largest absolute Gasteiger partial charge is 0.383 e. The fraction of sp³-hybridized carbons (Fsp3) is 0.571. The summed E-state index contributed by atoms with van der Waals surface area (Å²) in [5.74, 6) is 4.06. The zero-order valence-electron chi connectivity index (χ0n) is 11.4. The predicted molar refractivity (Wildman–Crippen MR) is 91.0 cm³/mol. The average Bonchev–Trinajstić information content (AvgIpc) is 2.98. The summed E-state index contributed by atoms with van der Waals surface area (Å²) in [6.07, 6.45) is 3.59. The number of aryl methyl sites for hydroxylation is 2. The van der Waals surface area contributed by atoms with E-state index in [4.69, 9.17) is 10.7 Å². The van der Waals surface area contributed by atoms with Crippen LogP contribution in [-0.4, -0.2) is 26.7 Å². The summed E-state index contributed by atoms with van der Waals surface area (Å²) in [5, 5.41) is 2.10. The third-order valence-electron chi connectivity index (χ3n) is 4.05. The molecule has 4 rings (SSSR count). The summed E-state index contributed by atoms with van der Waals surface area (Å²) in [4.78, 5) is 12.1. The molecule has 2 N–H and O–H groups in total. The lowest BCUT2D eigenvalue weighted by Crippen LogP contribution is -2.18. The first-order valence-corrected chi connectivity index (χ1v) is 9.96. The Balaban J connectivity index is 1.82. The highest BCUT2D eigenvalue weighted by Gasteiger charge is 2.29. The van der Waals surface area contributed by atoms with Crippen molar-refractivity contribution in [3.05, 3.63) is 16.3 Å². The molecular weight excluding hydrogens is 306 g/mol. The van der Waals surface area contributed by atoms with Gasteiger partial charge >= 0.3 is 0 Å². The van der Waals surface area contributed by atoms with Gasteiger partial charge in [0.1, 0.15) is 16.5 Å². The van der Waals surface area contributed by atoms with Gasteiger partial charge in [0.05, 0.1) is 10.6 Å². The van der Waals surface area contributed by atoms with E-state index in [1.807, 2.05) is 34.9 Å². The first-order valence-electron chi connectivity index (χ1n) is 7.05. The van der Waals surface area contributed by atoms with Crippen LogP contribution in [-0.2, 0) is 12.8 Å². The van der Waals surface area contributed by atoms with Gasteiger partial charge in [0.2, 0.25) is 0 Å². The van der Waals surface area contributed by atoms with E-state index in [-0.39, 0.29) is 0 Å². The Bertz CT molecular complexity index is 667. The summed E-state index contributed by atoms with van der Waals surface area (Å²) < 4.78 is 0. The van der Waals surface area contributed by atoms with E-state index in [0.29, 0.717) is 16.3 Å². The lowest BCUT2D eigenvalue weighted by atomic mass is 10.2. The van der Waals surface area contributed by atoms with E-state index < -0.39 is 0 Å². The molecule has 2 atom stereocenters. The molecule has 0 radical (unpaired) electrons. The molecule has 1 aliphatic heterocycles. The first-order chi connectivity index (χ1) is 9.74. The quantitative estimate of drug-likeness (QED) is 0.868. The number of nitrogen functional groups attached to an aromatic ring is 1. The van der Waals surface area contributed by atoms with E-state index >= 15 is 0 Å². The van der Waals surface area contributed by atoms with Crippen molar-refractivity contribution in [2.75, 3.05) is 17.2 Å². The Morgan fingerprint density at radius 1 is 1.15 bits per heavy atom. The maximum absolute atomic E-state index is 6.27. The van der Waals surface area contributed by atoms with E-state index in [1.165, 1.54) is 34.8 Å². The minimum absolute atomic E-state index is 0.386. The maximum Gasteiger partial charge on any atom is 0.146 e. The molecule has 2 aromatic rings. The molecule has 6 heteroatoms. The molecular formula is C14H17N3S3. The van der Waals surface area contributed by atoms with Gasteiger partial charge in [0.15, 0.2) is 0 Å². The van der Waals surface area contributed by atoms with Crippen LogP contribution in [0.5, 0.6) is 0 Å². The second kappa shape index (κ2) is 5.07. The molecule has 1 saturated heterocycles. The Hall–Kier alpha value is -0.460. The molecule has 0 amide bonds. The van der Waals surface area contributed by atoms with Crippen LogP contribution in [0.4, 0.5) is 5.82 Å². The van der Waals surface area contributed by atoms with Crippen molar-refractivity contribution in [1.82, 2.24) is 9.97 Å². The number of hydrogen-bond donors (Lipinski definition) is 1. The fourth-order valence-corrected chi connectivity index (χ4v) is 7.05. The number of hydrogen-bond acceptors (Lipinski definition) is 6. The second-order valence-electron chi connectivity index (χ2n) is 5.37. The highest BCUT2D eigenvalue weighted by Crippen LogP contribution is 2.44. The zero-order chi connectivity index (χ0) is 13.7. The second-order valence-corrected chi connectivity index (χ2v) is 9.19.